The lowest BCUT2D eigenvalue weighted by atomic mass is 9.70. The van der Waals surface area contributed by atoms with Crippen molar-refractivity contribution in [1.82, 2.24) is 9.55 Å². The van der Waals surface area contributed by atoms with E-state index in [0.717, 1.165) is 29.7 Å². The Kier molecular flexibility index (Phi) is 4.93. The van der Waals surface area contributed by atoms with Crippen molar-refractivity contribution < 1.29 is 14.3 Å². The maximum Gasteiger partial charge on any atom is 0.335 e. The molecule has 5 heteroatoms. The molecule has 1 saturated carbocycles. The molecule has 0 saturated heterocycles. The zero-order valence-corrected chi connectivity index (χ0v) is 17.2. The third-order valence-electron chi connectivity index (χ3n) is 6.01. The van der Waals surface area contributed by atoms with E-state index in [0.29, 0.717) is 23.9 Å². The van der Waals surface area contributed by atoms with Crippen LogP contribution in [0.25, 0.3) is 11.0 Å². The molecule has 0 radical (unpaired) electrons. The van der Waals surface area contributed by atoms with E-state index in [1.165, 1.54) is 18.6 Å². The topological polar surface area (TPSA) is 55.1 Å². The number of carbonyl (C=O) groups is 1. The van der Waals surface area contributed by atoms with Crippen molar-refractivity contribution in [2.75, 3.05) is 0 Å². The van der Waals surface area contributed by atoms with Crippen molar-refractivity contribution in [3.05, 3.63) is 65.2 Å². The van der Waals surface area contributed by atoms with Crippen LogP contribution in [0.2, 0.25) is 0 Å². The molecule has 152 valence electrons. The molecule has 0 aliphatic heterocycles. The second-order valence-corrected chi connectivity index (χ2v) is 9.28. The Morgan fingerprint density at radius 3 is 2.59 bits per heavy atom. The minimum atomic E-state index is -0.950. The van der Waals surface area contributed by atoms with Crippen molar-refractivity contribution in [1.29, 1.82) is 0 Å². The summed E-state index contributed by atoms with van der Waals surface area (Å²) in [5.74, 6) is 0.312. The van der Waals surface area contributed by atoms with Crippen LogP contribution in [0.1, 0.15) is 67.8 Å². The van der Waals surface area contributed by atoms with Gasteiger partial charge in [-0.2, -0.15) is 0 Å². The average Bonchev–Trinajstić information content (AvgIpc) is 2.98. The van der Waals surface area contributed by atoms with Crippen LogP contribution in [0.5, 0.6) is 0 Å². The maximum absolute atomic E-state index is 13.3. The SMILES string of the molecule is CC1CC(n2c(Cc3ccc(F)cc3)nc3cc(C(=O)O)ccc32)CC(C)(C)C1. The predicted molar refractivity (Wildman–Crippen MR) is 112 cm³/mol. The summed E-state index contributed by atoms with van der Waals surface area (Å²) < 4.78 is 15.6. The number of aromatic nitrogens is 2. The van der Waals surface area contributed by atoms with Gasteiger partial charge < -0.3 is 9.67 Å². The van der Waals surface area contributed by atoms with Gasteiger partial charge in [0.05, 0.1) is 16.6 Å². The molecule has 2 atom stereocenters. The first kappa shape index (κ1) is 19.6. The average molecular weight is 394 g/mol. The van der Waals surface area contributed by atoms with Crippen molar-refractivity contribution in [2.45, 2.75) is 52.5 Å². The molecule has 1 aliphatic rings. The third-order valence-corrected chi connectivity index (χ3v) is 6.01. The van der Waals surface area contributed by atoms with Gasteiger partial charge in [0.1, 0.15) is 11.6 Å². The van der Waals surface area contributed by atoms with Gasteiger partial charge in [0.15, 0.2) is 0 Å². The highest BCUT2D eigenvalue weighted by atomic mass is 19.1. The van der Waals surface area contributed by atoms with Crippen LogP contribution >= 0.6 is 0 Å². The molecule has 4 nitrogen and oxygen atoms in total. The van der Waals surface area contributed by atoms with Gasteiger partial charge in [0.25, 0.3) is 0 Å². The van der Waals surface area contributed by atoms with E-state index in [4.69, 9.17) is 4.98 Å². The quantitative estimate of drug-likeness (QED) is 0.604. The molecule has 3 aromatic rings. The lowest BCUT2D eigenvalue weighted by Gasteiger charge is -2.40. The predicted octanol–water partition coefficient (Wildman–Crippen LogP) is 5.85. The second-order valence-electron chi connectivity index (χ2n) is 9.28. The number of aromatic carboxylic acids is 1. The van der Waals surface area contributed by atoms with Crippen LogP contribution in [0.3, 0.4) is 0 Å². The molecule has 1 fully saturated rings. The normalized spacial score (nSPS) is 21.4. The number of nitrogens with zero attached hydrogens (tertiary/aromatic N) is 2. The lowest BCUT2D eigenvalue weighted by Crippen LogP contribution is -2.30. The highest BCUT2D eigenvalue weighted by Crippen LogP contribution is 2.45. The molecule has 1 aromatic heterocycles. The Hall–Kier alpha value is -2.69. The van der Waals surface area contributed by atoms with Crippen LogP contribution in [0.4, 0.5) is 4.39 Å². The molecule has 1 N–H and O–H groups in total. The van der Waals surface area contributed by atoms with Crippen LogP contribution in [0.15, 0.2) is 42.5 Å². The summed E-state index contributed by atoms with van der Waals surface area (Å²) in [6, 6.07) is 12.0. The minimum absolute atomic E-state index is 0.243. The molecular weight excluding hydrogens is 367 g/mol. The van der Waals surface area contributed by atoms with Crippen molar-refractivity contribution >= 4 is 17.0 Å². The number of halogens is 1. The van der Waals surface area contributed by atoms with E-state index < -0.39 is 5.97 Å². The van der Waals surface area contributed by atoms with Crippen LogP contribution in [-0.4, -0.2) is 20.6 Å². The van der Waals surface area contributed by atoms with Gasteiger partial charge in [0, 0.05) is 12.5 Å². The number of hydrogen-bond donors (Lipinski definition) is 1. The van der Waals surface area contributed by atoms with E-state index in [2.05, 4.69) is 25.3 Å². The summed E-state index contributed by atoms with van der Waals surface area (Å²) in [4.78, 5) is 16.2. The van der Waals surface area contributed by atoms with Crippen LogP contribution in [0, 0.1) is 17.2 Å². The third kappa shape index (κ3) is 4.04. The summed E-state index contributed by atoms with van der Waals surface area (Å²) in [5, 5.41) is 9.36. The zero-order valence-electron chi connectivity index (χ0n) is 17.2. The largest absolute Gasteiger partial charge is 0.478 e. The highest BCUT2D eigenvalue weighted by molar-refractivity contribution is 5.92. The molecule has 0 amide bonds. The Labute approximate surface area is 170 Å². The van der Waals surface area contributed by atoms with E-state index in [1.54, 1.807) is 24.3 Å². The van der Waals surface area contributed by atoms with Crippen LogP contribution in [-0.2, 0) is 6.42 Å². The lowest BCUT2D eigenvalue weighted by molar-refractivity contribution is 0.0697. The molecule has 2 unspecified atom stereocenters. The number of fused-ring (bicyclic) bond motifs is 1. The fourth-order valence-electron chi connectivity index (χ4n) is 5.09. The first-order valence-corrected chi connectivity index (χ1v) is 10.2. The fraction of sp³-hybridized carbons (Fsp3) is 0.417. The summed E-state index contributed by atoms with van der Waals surface area (Å²) in [6.45, 7) is 6.93. The Balaban J connectivity index is 1.82. The number of rotatable bonds is 4. The zero-order chi connectivity index (χ0) is 20.8. The van der Waals surface area contributed by atoms with Gasteiger partial charge in [-0.3, -0.25) is 0 Å². The summed E-state index contributed by atoms with van der Waals surface area (Å²) >= 11 is 0. The molecule has 0 bridgehead atoms. The molecule has 29 heavy (non-hydrogen) atoms. The summed E-state index contributed by atoms with van der Waals surface area (Å²) in [7, 11) is 0. The first-order valence-electron chi connectivity index (χ1n) is 10.2. The molecule has 2 aromatic carbocycles. The van der Waals surface area contributed by atoms with Gasteiger partial charge in [-0.1, -0.05) is 32.9 Å². The number of carboxylic acid groups (broad SMARTS) is 1. The molecule has 0 spiro atoms. The van der Waals surface area contributed by atoms with Crippen molar-refractivity contribution in [2.24, 2.45) is 11.3 Å². The van der Waals surface area contributed by atoms with Gasteiger partial charge in [-0.05, 0) is 66.5 Å². The van der Waals surface area contributed by atoms with E-state index >= 15 is 0 Å². The van der Waals surface area contributed by atoms with E-state index in [9.17, 15) is 14.3 Å². The Bertz CT molecular complexity index is 1050. The smallest absolute Gasteiger partial charge is 0.335 e. The fourth-order valence-corrected chi connectivity index (χ4v) is 5.09. The molecule has 1 heterocycles. The minimum Gasteiger partial charge on any atom is -0.478 e. The number of carboxylic acids is 1. The highest BCUT2D eigenvalue weighted by Gasteiger charge is 2.34. The maximum atomic E-state index is 13.3. The van der Waals surface area contributed by atoms with Crippen molar-refractivity contribution in [3.8, 4) is 0 Å². The van der Waals surface area contributed by atoms with Gasteiger partial charge in [0.2, 0.25) is 0 Å². The monoisotopic (exact) mass is 394 g/mol. The Morgan fingerprint density at radius 2 is 1.93 bits per heavy atom. The van der Waals surface area contributed by atoms with Gasteiger partial charge in [-0.15, -0.1) is 0 Å². The van der Waals surface area contributed by atoms with Crippen LogP contribution < -0.4 is 0 Å². The standard InChI is InChI=1S/C24H27FN2O2/c1-15-10-19(14-24(2,3)13-15)27-21-9-6-17(23(28)29)12-20(21)26-22(27)11-16-4-7-18(25)8-5-16/h4-9,12,15,19H,10-11,13-14H2,1-3H3,(H,28,29). The van der Waals surface area contributed by atoms with Crippen molar-refractivity contribution in [3.63, 3.8) is 0 Å². The Morgan fingerprint density at radius 1 is 1.21 bits per heavy atom. The van der Waals surface area contributed by atoms with E-state index in [-0.39, 0.29) is 16.8 Å². The first-order chi connectivity index (χ1) is 13.7. The van der Waals surface area contributed by atoms with E-state index in [1.807, 2.05) is 6.07 Å². The summed E-state index contributed by atoms with van der Waals surface area (Å²) in [5.41, 5.74) is 3.16. The number of imidazole rings is 1. The molecular formula is C24H27FN2O2. The number of hydrogen-bond acceptors (Lipinski definition) is 2. The van der Waals surface area contributed by atoms with Gasteiger partial charge in [-0.25, -0.2) is 14.2 Å². The molecule has 4 rings (SSSR count). The second kappa shape index (κ2) is 7.29. The number of benzene rings is 2. The molecule has 1 aliphatic carbocycles. The van der Waals surface area contributed by atoms with Gasteiger partial charge >= 0.3 is 5.97 Å². The summed E-state index contributed by atoms with van der Waals surface area (Å²) in [6.07, 6.45) is 3.92.